The van der Waals surface area contributed by atoms with E-state index in [1.54, 1.807) is 48.1 Å². The zero-order chi connectivity index (χ0) is 25.7. The molecule has 0 radical (unpaired) electrons. The molecule has 11 nitrogen and oxygen atoms in total. The predicted molar refractivity (Wildman–Crippen MR) is 134 cm³/mol. The van der Waals surface area contributed by atoms with Crippen LogP contribution in [0.4, 0.5) is 5.69 Å². The van der Waals surface area contributed by atoms with Gasteiger partial charge in [0, 0.05) is 35.1 Å². The van der Waals surface area contributed by atoms with Crippen LogP contribution in [0.3, 0.4) is 0 Å². The maximum atomic E-state index is 12.6. The summed E-state index contributed by atoms with van der Waals surface area (Å²) in [5.41, 5.74) is 1.08. The number of hydrogen-bond donors (Lipinski definition) is 3. The summed E-state index contributed by atoms with van der Waals surface area (Å²) in [7, 11) is 1.57. The molecular formula is C24H22N6O5S. The normalized spacial score (nSPS) is 10.7. The van der Waals surface area contributed by atoms with Crippen LogP contribution in [0.15, 0.2) is 69.3 Å². The minimum Gasteiger partial charge on any atom is -0.497 e. The van der Waals surface area contributed by atoms with E-state index < -0.39 is 11.2 Å². The van der Waals surface area contributed by atoms with E-state index in [1.165, 1.54) is 24.8 Å². The third kappa shape index (κ3) is 5.96. The van der Waals surface area contributed by atoms with Crippen molar-refractivity contribution in [3.05, 3.63) is 92.5 Å². The Labute approximate surface area is 208 Å². The topological polar surface area (TPSA) is 152 Å². The Morgan fingerprint density at radius 3 is 2.39 bits per heavy atom. The number of aromatic nitrogens is 5. The first-order chi connectivity index (χ1) is 17.3. The first-order valence-electron chi connectivity index (χ1n) is 10.8. The van der Waals surface area contributed by atoms with E-state index in [0.717, 1.165) is 0 Å². The molecule has 3 N–H and O–H groups in total. The molecular weight excluding hydrogens is 484 g/mol. The summed E-state index contributed by atoms with van der Waals surface area (Å²) in [6.45, 7) is 1.48. The fraction of sp³-hybridized carbons (Fsp3) is 0.167. The van der Waals surface area contributed by atoms with Crippen LogP contribution in [0.1, 0.15) is 28.8 Å². The van der Waals surface area contributed by atoms with Crippen LogP contribution in [0.5, 0.6) is 5.75 Å². The van der Waals surface area contributed by atoms with Gasteiger partial charge in [0.25, 0.3) is 5.56 Å². The maximum absolute atomic E-state index is 12.6. The highest BCUT2D eigenvalue weighted by atomic mass is 32.2. The molecule has 2 aromatic heterocycles. The van der Waals surface area contributed by atoms with E-state index in [-0.39, 0.29) is 23.9 Å². The largest absolute Gasteiger partial charge is 0.497 e. The van der Waals surface area contributed by atoms with Crippen LogP contribution in [-0.2, 0) is 11.2 Å². The van der Waals surface area contributed by atoms with Crippen LogP contribution in [-0.4, -0.2) is 49.3 Å². The number of ether oxygens (including phenoxy) is 1. The quantitative estimate of drug-likeness (QED) is 0.231. The second-order valence-electron chi connectivity index (χ2n) is 7.69. The van der Waals surface area contributed by atoms with Crippen LogP contribution < -0.4 is 21.3 Å². The lowest BCUT2D eigenvalue weighted by atomic mass is 10.1. The molecule has 0 aliphatic carbocycles. The number of nitrogens with one attached hydrogen (secondary N) is 3. The summed E-state index contributed by atoms with van der Waals surface area (Å²) in [5, 5.41) is 11.7. The number of thioether (sulfide) groups is 1. The van der Waals surface area contributed by atoms with Gasteiger partial charge in [0.05, 0.1) is 12.9 Å². The highest BCUT2D eigenvalue weighted by Crippen LogP contribution is 2.25. The number of H-pyrrole nitrogens is 2. The molecule has 12 heteroatoms. The molecule has 0 aliphatic heterocycles. The van der Waals surface area contributed by atoms with E-state index >= 15 is 0 Å². The number of carbonyl (C=O) groups is 2. The van der Waals surface area contributed by atoms with Gasteiger partial charge in [-0.25, -0.2) is 4.79 Å². The van der Waals surface area contributed by atoms with E-state index in [9.17, 15) is 19.2 Å². The maximum Gasteiger partial charge on any atom is 0.325 e. The van der Waals surface area contributed by atoms with Crippen molar-refractivity contribution in [2.45, 2.75) is 18.5 Å². The summed E-state index contributed by atoms with van der Waals surface area (Å²) < 4.78 is 6.98. The molecule has 2 aromatic carbocycles. The van der Waals surface area contributed by atoms with Gasteiger partial charge in [-0.15, -0.1) is 10.2 Å². The van der Waals surface area contributed by atoms with Crippen LogP contribution in [0.2, 0.25) is 0 Å². The van der Waals surface area contributed by atoms with Crippen molar-refractivity contribution in [3.63, 3.8) is 0 Å². The molecule has 4 aromatic rings. The number of Topliss-reactive ketones (excluding diaryl/α,β-unsaturated/α-hetero) is 1. The molecule has 0 unspecified atom stereocenters. The minimum atomic E-state index is -0.615. The summed E-state index contributed by atoms with van der Waals surface area (Å²) in [5.74, 6) is 0.854. The van der Waals surface area contributed by atoms with E-state index in [1.807, 2.05) is 12.1 Å². The van der Waals surface area contributed by atoms with E-state index in [4.69, 9.17) is 4.74 Å². The van der Waals surface area contributed by atoms with Crippen molar-refractivity contribution in [3.8, 4) is 11.4 Å². The van der Waals surface area contributed by atoms with Crippen molar-refractivity contribution in [2.75, 3.05) is 18.2 Å². The summed E-state index contributed by atoms with van der Waals surface area (Å²) in [6.07, 6.45) is 0.132. The molecule has 1 amide bonds. The number of ketones is 1. The lowest BCUT2D eigenvalue weighted by molar-refractivity contribution is -0.113. The van der Waals surface area contributed by atoms with E-state index in [0.29, 0.717) is 39.4 Å². The molecule has 0 spiro atoms. The smallest absolute Gasteiger partial charge is 0.325 e. The van der Waals surface area contributed by atoms with Crippen LogP contribution in [0, 0.1) is 0 Å². The van der Waals surface area contributed by atoms with Gasteiger partial charge in [-0.2, -0.15) is 0 Å². The van der Waals surface area contributed by atoms with Gasteiger partial charge in [-0.3, -0.25) is 23.9 Å². The number of methoxy groups -OCH3 is 1. The van der Waals surface area contributed by atoms with Gasteiger partial charge in [-0.05, 0) is 55.5 Å². The number of benzene rings is 2. The Hall–Kier alpha value is -4.45. The number of amides is 1. The summed E-state index contributed by atoms with van der Waals surface area (Å²) in [4.78, 5) is 52.1. The van der Waals surface area contributed by atoms with Crippen LogP contribution >= 0.6 is 11.8 Å². The molecule has 36 heavy (non-hydrogen) atoms. The fourth-order valence-corrected chi connectivity index (χ4v) is 4.17. The standard InChI is InChI=1S/C24H22N6O5S/c1-14(31)15-3-5-16(6-4-15)25-22(33)13-36-24-29-28-20(11-17-12-21(32)27-23(34)26-17)30(24)18-7-9-19(35-2)10-8-18/h3-10,12H,11,13H2,1-2H3,(H,25,33)(H2,26,27,32,34). The predicted octanol–water partition coefficient (Wildman–Crippen LogP) is 2.18. The number of carbonyl (C=O) groups excluding carboxylic acids is 2. The molecule has 0 atom stereocenters. The van der Waals surface area contributed by atoms with Gasteiger partial charge in [0.15, 0.2) is 10.9 Å². The van der Waals surface area contributed by atoms with Crippen LogP contribution in [0.25, 0.3) is 5.69 Å². The Morgan fingerprint density at radius 1 is 1.03 bits per heavy atom. The molecule has 2 heterocycles. The van der Waals surface area contributed by atoms with E-state index in [2.05, 4.69) is 25.5 Å². The van der Waals surface area contributed by atoms with Crippen molar-refractivity contribution in [2.24, 2.45) is 0 Å². The summed E-state index contributed by atoms with van der Waals surface area (Å²) >= 11 is 1.18. The highest BCUT2D eigenvalue weighted by Gasteiger charge is 2.17. The number of hydrogen-bond acceptors (Lipinski definition) is 8. The minimum absolute atomic E-state index is 0.0462. The van der Waals surface area contributed by atoms with Crippen molar-refractivity contribution in [1.29, 1.82) is 0 Å². The van der Waals surface area contributed by atoms with Crippen molar-refractivity contribution >= 4 is 29.1 Å². The van der Waals surface area contributed by atoms with Crippen molar-refractivity contribution in [1.82, 2.24) is 24.7 Å². The Morgan fingerprint density at radius 2 is 1.75 bits per heavy atom. The molecule has 0 bridgehead atoms. The zero-order valence-electron chi connectivity index (χ0n) is 19.4. The molecule has 4 rings (SSSR count). The van der Waals surface area contributed by atoms with Gasteiger partial charge in [-0.1, -0.05) is 11.8 Å². The number of aromatic amines is 2. The molecule has 0 saturated heterocycles. The third-order valence-electron chi connectivity index (χ3n) is 5.10. The number of nitrogens with zero attached hydrogens (tertiary/aromatic N) is 3. The zero-order valence-corrected chi connectivity index (χ0v) is 20.2. The second kappa shape index (κ2) is 10.9. The molecule has 0 fully saturated rings. The molecule has 184 valence electrons. The Bertz CT molecular complexity index is 1480. The monoisotopic (exact) mass is 506 g/mol. The highest BCUT2D eigenvalue weighted by molar-refractivity contribution is 7.99. The number of rotatable bonds is 9. The van der Waals surface area contributed by atoms with Gasteiger partial charge in [0.1, 0.15) is 11.6 Å². The number of anilines is 1. The first kappa shape index (κ1) is 24.7. The average molecular weight is 507 g/mol. The van der Waals surface area contributed by atoms with Gasteiger partial charge in [0.2, 0.25) is 5.91 Å². The Kier molecular flexibility index (Phi) is 7.44. The first-order valence-corrected chi connectivity index (χ1v) is 11.8. The fourth-order valence-electron chi connectivity index (χ4n) is 3.40. The average Bonchev–Trinajstić information content (AvgIpc) is 3.24. The lowest BCUT2D eigenvalue weighted by Gasteiger charge is -2.11. The Balaban J connectivity index is 1.56. The van der Waals surface area contributed by atoms with Gasteiger partial charge < -0.3 is 15.0 Å². The van der Waals surface area contributed by atoms with Gasteiger partial charge >= 0.3 is 5.69 Å². The second-order valence-corrected chi connectivity index (χ2v) is 8.63. The third-order valence-corrected chi connectivity index (χ3v) is 6.03. The summed E-state index contributed by atoms with van der Waals surface area (Å²) in [6, 6.07) is 15.1. The van der Waals surface area contributed by atoms with Crippen molar-refractivity contribution < 1.29 is 14.3 Å². The lowest BCUT2D eigenvalue weighted by Crippen LogP contribution is -2.23. The molecule has 0 aliphatic rings. The molecule has 0 saturated carbocycles. The SMILES string of the molecule is COc1ccc(-n2c(Cc3cc(=O)[nH]c(=O)[nH]3)nnc2SCC(=O)Nc2ccc(C(C)=O)cc2)cc1.